The molecule has 6 heteroatoms. The van der Waals surface area contributed by atoms with Crippen LogP contribution in [0.1, 0.15) is 5.56 Å². The van der Waals surface area contributed by atoms with Crippen LogP contribution in [0.3, 0.4) is 0 Å². The molecule has 2 N–H and O–H groups in total. The maximum Gasteiger partial charge on any atom is 0.220 e. The minimum Gasteiger partial charge on any atom is -0.383 e. The summed E-state index contributed by atoms with van der Waals surface area (Å²) in [5, 5.41) is 1.58. The van der Waals surface area contributed by atoms with Crippen LogP contribution < -0.4 is 5.73 Å². The molecular formula is C16H17ClN4O. The Balaban J connectivity index is 2.24. The van der Waals surface area contributed by atoms with Gasteiger partial charge in [-0.15, -0.1) is 0 Å². The molecule has 0 fully saturated rings. The Bertz CT molecular complexity index is 828. The zero-order valence-corrected chi connectivity index (χ0v) is 13.3. The highest BCUT2D eigenvalue weighted by molar-refractivity contribution is 6.33. The van der Waals surface area contributed by atoms with Gasteiger partial charge < -0.3 is 15.0 Å². The van der Waals surface area contributed by atoms with Crippen molar-refractivity contribution in [3.8, 4) is 11.3 Å². The standard InChI is InChI=1S/C16H17ClN4O/c1-10-3-4-14-11(7-10)12(9-21(14)5-6-22-2)15-13(17)8-19-16(18)20-15/h3-4,7-9H,5-6H2,1-2H3,(H2,18,19,20). The second kappa shape index (κ2) is 5.94. The number of hydrogen-bond donors (Lipinski definition) is 1. The van der Waals surface area contributed by atoms with Crippen molar-refractivity contribution in [1.82, 2.24) is 14.5 Å². The number of halogens is 1. The van der Waals surface area contributed by atoms with E-state index in [-0.39, 0.29) is 5.95 Å². The van der Waals surface area contributed by atoms with E-state index in [4.69, 9.17) is 22.1 Å². The summed E-state index contributed by atoms with van der Waals surface area (Å²) in [5.41, 5.74) is 9.62. The summed E-state index contributed by atoms with van der Waals surface area (Å²) in [6, 6.07) is 6.32. The van der Waals surface area contributed by atoms with Gasteiger partial charge in [0.1, 0.15) is 0 Å². The van der Waals surface area contributed by atoms with E-state index in [0.717, 1.165) is 23.0 Å². The maximum atomic E-state index is 6.27. The molecule has 0 aliphatic carbocycles. The lowest BCUT2D eigenvalue weighted by Gasteiger charge is -2.04. The van der Waals surface area contributed by atoms with Crippen molar-refractivity contribution in [1.29, 1.82) is 0 Å². The first kappa shape index (κ1) is 14.8. The number of aromatic nitrogens is 3. The molecule has 0 atom stereocenters. The monoisotopic (exact) mass is 316 g/mol. The predicted molar refractivity (Wildman–Crippen MR) is 89.0 cm³/mol. The van der Waals surface area contributed by atoms with Crippen molar-refractivity contribution in [2.24, 2.45) is 0 Å². The first-order chi connectivity index (χ1) is 10.6. The Morgan fingerprint density at radius 3 is 2.95 bits per heavy atom. The Morgan fingerprint density at radius 1 is 1.36 bits per heavy atom. The number of benzene rings is 1. The average Bonchev–Trinajstić information content (AvgIpc) is 2.85. The average molecular weight is 317 g/mol. The zero-order chi connectivity index (χ0) is 15.7. The molecule has 3 aromatic rings. The summed E-state index contributed by atoms with van der Waals surface area (Å²) in [7, 11) is 1.69. The second-order valence-electron chi connectivity index (χ2n) is 5.17. The topological polar surface area (TPSA) is 66.0 Å². The lowest BCUT2D eigenvalue weighted by atomic mass is 10.1. The first-order valence-electron chi connectivity index (χ1n) is 6.97. The molecule has 5 nitrogen and oxygen atoms in total. The fourth-order valence-electron chi connectivity index (χ4n) is 2.54. The molecule has 0 saturated heterocycles. The van der Waals surface area contributed by atoms with Gasteiger partial charge in [-0.3, -0.25) is 0 Å². The van der Waals surface area contributed by atoms with Crippen LogP contribution in [0.25, 0.3) is 22.2 Å². The van der Waals surface area contributed by atoms with Crippen molar-refractivity contribution in [2.75, 3.05) is 19.5 Å². The normalized spacial score (nSPS) is 11.2. The Hall–Kier alpha value is -2.11. The van der Waals surface area contributed by atoms with E-state index in [1.807, 2.05) is 6.20 Å². The number of fused-ring (bicyclic) bond motifs is 1. The summed E-state index contributed by atoms with van der Waals surface area (Å²) >= 11 is 6.27. The second-order valence-corrected chi connectivity index (χ2v) is 5.58. The SMILES string of the molecule is COCCn1cc(-c2nc(N)ncc2Cl)c2cc(C)ccc21. The quantitative estimate of drug-likeness (QED) is 0.802. The van der Waals surface area contributed by atoms with E-state index in [1.54, 1.807) is 7.11 Å². The van der Waals surface area contributed by atoms with Crippen molar-refractivity contribution >= 4 is 28.5 Å². The van der Waals surface area contributed by atoms with Crippen molar-refractivity contribution < 1.29 is 4.74 Å². The third-order valence-electron chi connectivity index (χ3n) is 3.59. The molecule has 22 heavy (non-hydrogen) atoms. The van der Waals surface area contributed by atoms with Crippen molar-refractivity contribution in [3.05, 3.63) is 41.2 Å². The van der Waals surface area contributed by atoms with Crippen LogP contribution in [0.4, 0.5) is 5.95 Å². The van der Waals surface area contributed by atoms with Crippen LogP contribution in [0.5, 0.6) is 0 Å². The summed E-state index contributed by atoms with van der Waals surface area (Å²) < 4.78 is 7.32. The van der Waals surface area contributed by atoms with Gasteiger partial charge in [0.15, 0.2) is 0 Å². The van der Waals surface area contributed by atoms with E-state index in [1.165, 1.54) is 11.8 Å². The van der Waals surface area contributed by atoms with Crippen LogP contribution in [-0.4, -0.2) is 28.3 Å². The lowest BCUT2D eigenvalue weighted by Crippen LogP contribution is -2.02. The van der Waals surface area contributed by atoms with E-state index < -0.39 is 0 Å². The molecule has 0 unspecified atom stereocenters. The minimum atomic E-state index is 0.213. The van der Waals surface area contributed by atoms with Gasteiger partial charge in [0.25, 0.3) is 0 Å². The number of nitrogen functional groups attached to an aromatic ring is 1. The van der Waals surface area contributed by atoms with Crippen LogP contribution in [0.15, 0.2) is 30.6 Å². The molecule has 0 bridgehead atoms. The Morgan fingerprint density at radius 2 is 2.18 bits per heavy atom. The van der Waals surface area contributed by atoms with E-state index in [0.29, 0.717) is 17.3 Å². The number of methoxy groups -OCH3 is 1. The fourth-order valence-corrected chi connectivity index (χ4v) is 2.74. The number of nitrogens with zero attached hydrogens (tertiary/aromatic N) is 3. The number of hydrogen-bond acceptors (Lipinski definition) is 4. The van der Waals surface area contributed by atoms with Gasteiger partial charge in [-0.1, -0.05) is 23.2 Å². The summed E-state index contributed by atoms with van der Waals surface area (Å²) in [6.45, 7) is 3.46. The maximum absolute atomic E-state index is 6.27. The minimum absolute atomic E-state index is 0.213. The highest BCUT2D eigenvalue weighted by atomic mass is 35.5. The summed E-state index contributed by atoms with van der Waals surface area (Å²) in [5.74, 6) is 0.213. The van der Waals surface area contributed by atoms with Crippen molar-refractivity contribution in [2.45, 2.75) is 13.5 Å². The first-order valence-corrected chi connectivity index (χ1v) is 7.34. The summed E-state index contributed by atoms with van der Waals surface area (Å²) in [6.07, 6.45) is 3.57. The number of aryl methyl sites for hydroxylation is 1. The number of nitrogens with two attached hydrogens (primary N) is 1. The zero-order valence-electron chi connectivity index (χ0n) is 12.5. The molecule has 0 aliphatic heterocycles. The largest absolute Gasteiger partial charge is 0.383 e. The lowest BCUT2D eigenvalue weighted by molar-refractivity contribution is 0.188. The molecule has 2 aromatic heterocycles. The van der Waals surface area contributed by atoms with Gasteiger partial charge in [-0.05, 0) is 19.1 Å². The van der Waals surface area contributed by atoms with Crippen LogP contribution in [0.2, 0.25) is 5.02 Å². The van der Waals surface area contributed by atoms with E-state index in [9.17, 15) is 0 Å². The molecule has 0 aliphatic rings. The number of rotatable bonds is 4. The third kappa shape index (κ3) is 2.65. The number of ether oxygens (including phenoxy) is 1. The highest BCUT2D eigenvalue weighted by Gasteiger charge is 2.15. The molecule has 114 valence electrons. The third-order valence-corrected chi connectivity index (χ3v) is 3.87. The van der Waals surface area contributed by atoms with Crippen LogP contribution in [0, 0.1) is 6.92 Å². The fraction of sp³-hybridized carbons (Fsp3) is 0.250. The molecular weight excluding hydrogens is 300 g/mol. The van der Waals surface area contributed by atoms with Gasteiger partial charge in [-0.25, -0.2) is 9.97 Å². The molecule has 0 saturated carbocycles. The number of anilines is 1. The Kier molecular flexibility index (Phi) is 4.00. The molecule has 1 aromatic carbocycles. The molecule has 0 spiro atoms. The highest BCUT2D eigenvalue weighted by Crippen LogP contribution is 2.34. The van der Waals surface area contributed by atoms with Gasteiger partial charge in [0.05, 0.1) is 23.5 Å². The molecule has 0 amide bonds. The van der Waals surface area contributed by atoms with E-state index in [2.05, 4.69) is 39.7 Å². The smallest absolute Gasteiger partial charge is 0.220 e. The van der Waals surface area contributed by atoms with Gasteiger partial charge >= 0.3 is 0 Å². The Labute approximate surface area is 133 Å². The van der Waals surface area contributed by atoms with Gasteiger partial charge in [0, 0.05) is 36.3 Å². The summed E-state index contributed by atoms with van der Waals surface area (Å²) in [4.78, 5) is 8.23. The van der Waals surface area contributed by atoms with Crippen LogP contribution in [-0.2, 0) is 11.3 Å². The predicted octanol–water partition coefficient (Wildman–Crippen LogP) is 3.29. The van der Waals surface area contributed by atoms with Gasteiger partial charge in [0.2, 0.25) is 5.95 Å². The molecule has 3 rings (SSSR count). The van der Waals surface area contributed by atoms with E-state index >= 15 is 0 Å². The molecule has 0 radical (unpaired) electrons. The van der Waals surface area contributed by atoms with Crippen molar-refractivity contribution in [3.63, 3.8) is 0 Å². The molecule has 2 heterocycles. The van der Waals surface area contributed by atoms with Gasteiger partial charge in [-0.2, -0.15) is 0 Å². The van der Waals surface area contributed by atoms with Crippen LogP contribution >= 0.6 is 11.6 Å².